The van der Waals surface area contributed by atoms with Gasteiger partial charge in [-0.05, 0) is 12.3 Å². The van der Waals surface area contributed by atoms with Gasteiger partial charge in [-0.2, -0.15) is 4.98 Å². The molecule has 0 spiro atoms. The van der Waals surface area contributed by atoms with Gasteiger partial charge in [0, 0.05) is 51.9 Å². The topological polar surface area (TPSA) is 84.4 Å². The molecule has 0 saturated carbocycles. The second-order valence-electron chi connectivity index (χ2n) is 6.47. The lowest BCUT2D eigenvalue weighted by molar-refractivity contribution is 0.189. The van der Waals surface area contributed by atoms with Crippen LogP contribution in [-0.4, -0.2) is 57.2 Å². The van der Waals surface area contributed by atoms with Crippen molar-refractivity contribution >= 4 is 29.9 Å². The van der Waals surface area contributed by atoms with Gasteiger partial charge in [0.25, 0.3) is 0 Å². The Morgan fingerprint density at radius 3 is 2.96 bits per heavy atom. The monoisotopic (exact) mass is 473 g/mol. The molecule has 1 aliphatic heterocycles. The third-order valence-electron chi connectivity index (χ3n) is 4.78. The Morgan fingerprint density at radius 1 is 1.46 bits per heavy atom. The number of piperidine rings is 1. The van der Waals surface area contributed by atoms with Crippen molar-refractivity contribution in [1.29, 1.82) is 0 Å². The van der Waals surface area contributed by atoms with E-state index < -0.39 is 0 Å². The van der Waals surface area contributed by atoms with Crippen LogP contribution in [0.1, 0.15) is 38.0 Å². The molecular formula is C17H28IN7O. The van der Waals surface area contributed by atoms with Crippen LogP contribution >= 0.6 is 24.0 Å². The van der Waals surface area contributed by atoms with Crippen LogP contribution in [0.3, 0.4) is 0 Å². The van der Waals surface area contributed by atoms with E-state index in [4.69, 9.17) is 4.52 Å². The zero-order valence-electron chi connectivity index (χ0n) is 15.6. The summed E-state index contributed by atoms with van der Waals surface area (Å²) < 4.78 is 7.35. The highest BCUT2D eigenvalue weighted by Gasteiger charge is 2.28. The summed E-state index contributed by atoms with van der Waals surface area (Å²) in [4.78, 5) is 15.3. The van der Waals surface area contributed by atoms with Gasteiger partial charge in [-0.25, -0.2) is 4.98 Å². The predicted molar refractivity (Wildman–Crippen MR) is 111 cm³/mol. The van der Waals surface area contributed by atoms with Crippen LogP contribution in [0.5, 0.6) is 0 Å². The van der Waals surface area contributed by atoms with Crippen molar-refractivity contribution in [2.24, 2.45) is 10.9 Å². The highest BCUT2D eigenvalue weighted by Crippen LogP contribution is 2.27. The second kappa shape index (κ2) is 9.89. The summed E-state index contributed by atoms with van der Waals surface area (Å²) in [6.45, 7) is 6.98. The Balaban J connectivity index is 0.00000243. The number of imidazole rings is 1. The zero-order valence-corrected chi connectivity index (χ0v) is 18.0. The minimum Gasteiger partial charge on any atom is -0.356 e. The minimum absolute atomic E-state index is 0. The average Bonchev–Trinajstić information content (AvgIpc) is 3.31. The largest absolute Gasteiger partial charge is 0.356 e. The van der Waals surface area contributed by atoms with Crippen LogP contribution < -0.4 is 5.32 Å². The first-order chi connectivity index (χ1) is 12.2. The van der Waals surface area contributed by atoms with Gasteiger partial charge in [0.1, 0.15) is 0 Å². The number of aromatic nitrogens is 4. The first-order valence-electron chi connectivity index (χ1n) is 8.95. The van der Waals surface area contributed by atoms with E-state index in [-0.39, 0.29) is 24.0 Å². The van der Waals surface area contributed by atoms with Crippen molar-refractivity contribution in [1.82, 2.24) is 29.9 Å². The Morgan fingerprint density at radius 2 is 2.31 bits per heavy atom. The van der Waals surface area contributed by atoms with E-state index in [1.807, 2.05) is 32.7 Å². The van der Waals surface area contributed by atoms with Gasteiger partial charge < -0.3 is 19.3 Å². The summed E-state index contributed by atoms with van der Waals surface area (Å²) in [5, 5.41) is 7.41. The third-order valence-corrected chi connectivity index (χ3v) is 4.78. The van der Waals surface area contributed by atoms with E-state index in [9.17, 15) is 0 Å². The lowest BCUT2D eigenvalue weighted by Crippen LogP contribution is -2.49. The molecule has 2 atom stereocenters. The van der Waals surface area contributed by atoms with Crippen molar-refractivity contribution in [2.45, 2.75) is 39.2 Å². The lowest BCUT2D eigenvalue weighted by atomic mass is 9.93. The molecule has 0 bridgehead atoms. The number of guanidine groups is 1. The van der Waals surface area contributed by atoms with Crippen molar-refractivity contribution in [3.05, 3.63) is 30.4 Å². The smallest absolute Gasteiger partial charge is 0.226 e. The number of hydrogen-bond acceptors (Lipinski definition) is 5. The molecule has 3 rings (SSSR count). The van der Waals surface area contributed by atoms with Crippen LogP contribution in [0.4, 0.5) is 0 Å². The molecule has 3 heterocycles. The molecule has 0 aromatic carbocycles. The number of aliphatic imine (C=N–C) groups is 1. The summed E-state index contributed by atoms with van der Waals surface area (Å²) in [6, 6.07) is 0.416. The maximum Gasteiger partial charge on any atom is 0.226 e. The molecule has 9 heteroatoms. The summed E-state index contributed by atoms with van der Waals surface area (Å²) in [7, 11) is 1.83. The highest BCUT2D eigenvalue weighted by molar-refractivity contribution is 14.0. The molecule has 8 nitrogen and oxygen atoms in total. The van der Waals surface area contributed by atoms with E-state index in [0.29, 0.717) is 17.9 Å². The highest BCUT2D eigenvalue weighted by atomic mass is 127. The molecular weight excluding hydrogens is 445 g/mol. The molecule has 0 aliphatic carbocycles. The Labute approximate surface area is 171 Å². The minimum atomic E-state index is 0. The van der Waals surface area contributed by atoms with E-state index >= 15 is 0 Å². The summed E-state index contributed by atoms with van der Waals surface area (Å²) >= 11 is 0. The third kappa shape index (κ3) is 4.95. The van der Waals surface area contributed by atoms with E-state index in [1.54, 1.807) is 0 Å². The Bertz CT molecular complexity index is 685. The molecule has 0 radical (unpaired) electrons. The van der Waals surface area contributed by atoms with E-state index in [1.165, 1.54) is 0 Å². The molecule has 2 aromatic rings. The summed E-state index contributed by atoms with van der Waals surface area (Å²) in [5.74, 6) is 2.97. The van der Waals surface area contributed by atoms with Crippen LogP contribution in [0.25, 0.3) is 0 Å². The van der Waals surface area contributed by atoms with Gasteiger partial charge in [0.2, 0.25) is 5.89 Å². The average molecular weight is 473 g/mol. The number of likely N-dealkylation sites (tertiary alicyclic amines) is 1. The van der Waals surface area contributed by atoms with Crippen molar-refractivity contribution in [3.8, 4) is 0 Å². The lowest BCUT2D eigenvalue weighted by Gasteiger charge is -2.39. The molecule has 0 amide bonds. The maximum absolute atomic E-state index is 5.14. The number of aryl methyl sites for hydroxylation is 1. The molecule has 1 fully saturated rings. The molecule has 26 heavy (non-hydrogen) atoms. The standard InChI is InChI=1S/C17H27N7O.HI/c1-4-16-21-15(22-25-16)5-7-20-17(18-3)23-9-6-13(2)14(11-23)24-10-8-19-12-24;/h8,10,12-14H,4-7,9,11H2,1-3H3,(H,18,20);1H. The summed E-state index contributed by atoms with van der Waals surface area (Å²) in [5.41, 5.74) is 0. The quantitative estimate of drug-likeness (QED) is 0.407. The maximum atomic E-state index is 5.14. The number of nitrogens with one attached hydrogen (secondary N) is 1. The van der Waals surface area contributed by atoms with E-state index in [2.05, 4.69) is 41.8 Å². The van der Waals surface area contributed by atoms with Gasteiger partial charge >= 0.3 is 0 Å². The number of rotatable bonds is 5. The van der Waals surface area contributed by atoms with Crippen molar-refractivity contribution < 1.29 is 4.52 Å². The normalized spacial score (nSPS) is 20.7. The van der Waals surface area contributed by atoms with Crippen molar-refractivity contribution in [3.63, 3.8) is 0 Å². The van der Waals surface area contributed by atoms with Gasteiger partial charge in [0.15, 0.2) is 11.8 Å². The molecule has 1 N–H and O–H groups in total. The number of nitrogens with zero attached hydrogens (tertiary/aromatic N) is 6. The van der Waals surface area contributed by atoms with Gasteiger partial charge in [-0.1, -0.05) is 19.0 Å². The van der Waals surface area contributed by atoms with Gasteiger partial charge in [0.05, 0.1) is 12.4 Å². The fourth-order valence-electron chi connectivity index (χ4n) is 3.25. The summed E-state index contributed by atoms with van der Waals surface area (Å²) in [6.07, 6.45) is 8.41. The number of hydrogen-bond donors (Lipinski definition) is 1. The Kier molecular flexibility index (Phi) is 7.85. The molecule has 1 aliphatic rings. The van der Waals surface area contributed by atoms with Crippen molar-refractivity contribution in [2.75, 3.05) is 26.7 Å². The fourth-order valence-corrected chi connectivity index (χ4v) is 3.25. The first kappa shape index (κ1) is 20.7. The second-order valence-corrected chi connectivity index (χ2v) is 6.47. The van der Waals surface area contributed by atoms with Crippen LogP contribution in [0.2, 0.25) is 0 Å². The van der Waals surface area contributed by atoms with E-state index in [0.717, 1.165) is 50.7 Å². The number of halogens is 1. The zero-order chi connectivity index (χ0) is 17.6. The van der Waals surface area contributed by atoms with Crippen LogP contribution in [0, 0.1) is 5.92 Å². The Hall–Kier alpha value is -1.65. The van der Waals surface area contributed by atoms with Crippen LogP contribution in [0.15, 0.2) is 28.2 Å². The fraction of sp³-hybridized carbons (Fsp3) is 0.647. The molecule has 144 valence electrons. The molecule has 2 unspecified atom stereocenters. The van der Waals surface area contributed by atoms with Crippen LogP contribution in [-0.2, 0) is 12.8 Å². The van der Waals surface area contributed by atoms with Gasteiger partial charge in [-0.15, -0.1) is 24.0 Å². The first-order valence-corrected chi connectivity index (χ1v) is 8.95. The van der Waals surface area contributed by atoms with Gasteiger partial charge in [-0.3, -0.25) is 4.99 Å². The SMILES string of the molecule is CCc1nc(CCNC(=NC)N2CCC(C)C(n3ccnc3)C2)no1.I. The molecule has 1 saturated heterocycles. The molecule has 2 aromatic heterocycles. The predicted octanol–water partition coefficient (Wildman–Crippen LogP) is 2.15.